The van der Waals surface area contributed by atoms with Crippen LogP contribution in [0, 0.1) is 5.92 Å². The van der Waals surface area contributed by atoms with E-state index in [0.717, 1.165) is 12.5 Å². The molecule has 0 aromatic carbocycles. The first-order valence-corrected chi connectivity index (χ1v) is 13.8. The molecule has 4 heteroatoms. The first-order valence-electron chi connectivity index (χ1n) is 6.97. The van der Waals surface area contributed by atoms with Crippen molar-refractivity contribution in [2.45, 2.75) is 71.1 Å². The molecule has 0 radical (unpaired) electrons. The highest BCUT2D eigenvalue weighted by molar-refractivity contribution is 6.70. The van der Waals surface area contributed by atoms with Crippen molar-refractivity contribution in [3.63, 3.8) is 0 Å². The quantitative estimate of drug-likeness (QED) is 0.674. The van der Waals surface area contributed by atoms with Gasteiger partial charge in [-0.25, -0.2) is 0 Å². The Hall–Kier alpha value is 0.354. The van der Waals surface area contributed by atoms with Crippen molar-refractivity contribution in [3.8, 4) is 0 Å². The fraction of sp³-hybridized carbons (Fsp3) is 1.00. The van der Waals surface area contributed by atoms with Crippen LogP contribution in [-0.2, 0) is 8.85 Å². The van der Waals surface area contributed by atoms with E-state index >= 15 is 0 Å². The maximum atomic E-state index is 6.18. The third-order valence-electron chi connectivity index (χ3n) is 3.07. The van der Waals surface area contributed by atoms with Gasteiger partial charge in [-0.15, -0.1) is 0 Å². The first kappa shape index (κ1) is 15.4. The smallest absolute Gasteiger partial charge is 0.184 e. The molecule has 1 rings (SSSR count). The van der Waals surface area contributed by atoms with Gasteiger partial charge < -0.3 is 8.85 Å². The molecule has 0 amide bonds. The maximum Gasteiger partial charge on any atom is 0.184 e. The standard InChI is InChI=1S/C13H30O2Si2/c1-16(2,3)14-10-9-12-7-8-13(11-12)15-17(4,5)6/h12-13H,7-11H2,1-6H3. The van der Waals surface area contributed by atoms with E-state index in [9.17, 15) is 0 Å². The summed E-state index contributed by atoms with van der Waals surface area (Å²) in [5.41, 5.74) is 0. The summed E-state index contributed by atoms with van der Waals surface area (Å²) >= 11 is 0. The van der Waals surface area contributed by atoms with Crippen molar-refractivity contribution in [3.05, 3.63) is 0 Å². The summed E-state index contributed by atoms with van der Waals surface area (Å²) in [6.07, 6.45) is 5.64. The van der Waals surface area contributed by atoms with E-state index < -0.39 is 16.6 Å². The Balaban J connectivity index is 2.18. The Labute approximate surface area is 109 Å². The average molecular weight is 275 g/mol. The van der Waals surface area contributed by atoms with Gasteiger partial charge in [0.25, 0.3) is 0 Å². The summed E-state index contributed by atoms with van der Waals surface area (Å²) in [4.78, 5) is 0. The fourth-order valence-electron chi connectivity index (χ4n) is 2.43. The summed E-state index contributed by atoms with van der Waals surface area (Å²) in [6, 6.07) is 0. The van der Waals surface area contributed by atoms with Crippen LogP contribution in [0.3, 0.4) is 0 Å². The highest BCUT2D eigenvalue weighted by Crippen LogP contribution is 2.32. The van der Waals surface area contributed by atoms with Crippen molar-refractivity contribution in [1.82, 2.24) is 0 Å². The van der Waals surface area contributed by atoms with Gasteiger partial charge in [0.1, 0.15) is 0 Å². The molecule has 0 bridgehead atoms. The van der Waals surface area contributed by atoms with Gasteiger partial charge in [0.15, 0.2) is 16.6 Å². The monoisotopic (exact) mass is 274 g/mol. The van der Waals surface area contributed by atoms with Crippen LogP contribution in [0.5, 0.6) is 0 Å². The van der Waals surface area contributed by atoms with Crippen molar-refractivity contribution in [2.75, 3.05) is 6.61 Å². The van der Waals surface area contributed by atoms with Gasteiger partial charge >= 0.3 is 0 Å². The summed E-state index contributed by atoms with van der Waals surface area (Å²) in [6.45, 7) is 14.6. The van der Waals surface area contributed by atoms with Gasteiger partial charge in [-0.1, -0.05) is 0 Å². The lowest BCUT2D eigenvalue weighted by atomic mass is 10.1. The molecule has 0 aromatic rings. The molecule has 0 N–H and O–H groups in total. The Bertz CT molecular complexity index is 231. The van der Waals surface area contributed by atoms with Crippen LogP contribution in [0.15, 0.2) is 0 Å². The number of rotatable bonds is 6. The molecule has 0 spiro atoms. The van der Waals surface area contributed by atoms with Crippen molar-refractivity contribution < 1.29 is 8.85 Å². The van der Waals surface area contributed by atoms with Crippen LogP contribution in [0.4, 0.5) is 0 Å². The summed E-state index contributed by atoms with van der Waals surface area (Å²) in [7, 11) is -2.65. The molecular formula is C13H30O2Si2. The maximum absolute atomic E-state index is 6.18. The van der Waals surface area contributed by atoms with Crippen molar-refractivity contribution in [2.24, 2.45) is 5.92 Å². The van der Waals surface area contributed by atoms with Gasteiger partial charge in [0.2, 0.25) is 0 Å². The van der Waals surface area contributed by atoms with E-state index in [1.165, 1.54) is 25.7 Å². The van der Waals surface area contributed by atoms with E-state index in [2.05, 4.69) is 39.3 Å². The number of hydrogen-bond acceptors (Lipinski definition) is 2. The lowest BCUT2D eigenvalue weighted by molar-refractivity contribution is 0.191. The topological polar surface area (TPSA) is 18.5 Å². The van der Waals surface area contributed by atoms with Gasteiger partial charge in [0.05, 0.1) is 0 Å². The van der Waals surface area contributed by atoms with Crippen LogP contribution in [0.2, 0.25) is 39.3 Å². The van der Waals surface area contributed by atoms with Gasteiger partial charge in [-0.2, -0.15) is 0 Å². The molecule has 0 aliphatic heterocycles. The van der Waals surface area contributed by atoms with Crippen LogP contribution in [0.1, 0.15) is 25.7 Å². The summed E-state index contributed by atoms with van der Waals surface area (Å²) in [5.74, 6) is 0.840. The highest BCUT2D eigenvalue weighted by atomic mass is 28.4. The highest BCUT2D eigenvalue weighted by Gasteiger charge is 2.29. The van der Waals surface area contributed by atoms with Gasteiger partial charge in [-0.05, 0) is 70.9 Å². The molecule has 1 fully saturated rings. The van der Waals surface area contributed by atoms with Gasteiger partial charge in [-0.3, -0.25) is 0 Å². The molecule has 1 saturated carbocycles. The molecule has 0 heterocycles. The first-order chi connectivity index (χ1) is 7.66. The normalized spacial score (nSPS) is 26.5. The van der Waals surface area contributed by atoms with E-state index in [0.29, 0.717) is 6.10 Å². The zero-order valence-corrected chi connectivity index (χ0v) is 14.5. The third-order valence-corrected chi connectivity index (χ3v) is 5.19. The zero-order valence-electron chi connectivity index (χ0n) is 12.5. The second kappa shape index (κ2) is 6.00. The lowest BCUT2D eigenvalue weighted by Crippen LogP contribution is -2.30. The van der Waals surface area contributed by atoms with Crippen LogP contribution in [-0.4, -0.2) is 29.3 Å². The van der Waals surface area contributed by atoms with E-state index in [1.807, 2.05) is 0 Å². The second-order valence-electron chi connectivity index (χ2n) is 7.28. The molecule has 0 saturated heterocycles. The number of hydrogen-bond donors (Lipinski definition) is 0. The second-order valence-corrected chi connectivity index (χ2v) is 16.3. The van der Waals surface area contributed by atoms with E-state index in [4.69, 9.17) is 8.85 Å². The third kappa shape index (κ3) is 7.39. The Morgan fingerprint density at radius 3 is 2.12 bits per heavy atom. The van der Waals surface area contributed by atoms with E-state index in [-0.39, 0.29) is 0 Å². The average Bonchev–Trinajstić information content (AvgIpc) is 2.46. The molecule has 2 unspecified atom stereocenters. The molecule has 0 aromatic heterocycles. The predicted octanol–water partition coefficient (Wildman–Crippen LogP) is 4.25. The SMILES string of the molecule is C[Si](C)(C)OCCC1CCC(O[Si](C)(C)C)C1. The molecule has 2 atom stereocenters. The van der Waals surface area contributed by atoms with Crippen LogP contribution in [0.25, 0.3) is 0 Å². The van der Waals surface area contributed by atoms with Crippen molar-refractivity contribution in [1.29, 1.82) is 0 Å². The summed E-state index contributed by atoms with van der Waals surface area (Å²) < 4.78 is 12.1. The molecule has 2 nitrogen and oxygen atoms in total. The predicted molar refractivity (Wildman–Crippen MR) is 79.5 cm³/mol. The van der Waals surface area contributed by atoms with Crippen LogP contribution >= 0.6 is 0 Å². The lowest BCUT2D eigenvalue weighted by Gasteiger charge is -2.23. The minimum Gasteiger partial charge on any atom is -0.418 e. The molecule has 102 valence electrons. The van der Waals surface area contributed by atoms with Gasteiger partial charge in [0, 0.05) is 12.7 Å². The van der Waals surface area contributed by atoms with Crippen molar-refractivity contribution >= 4 is 16.6 Å². The molecule has 17 heavy (non-hydrogen) atoms. The Kier molecular flexibility index (Phi) is 5.44. The largest absolute Gasteiger partial charge is 0.418 e. The fourth-order valence-corrected chi connectivity index (χ4v) is 4.37. The Morgan fingerprint density at radius 1 is 0.941 bits per heavy atom. The summed E-state index contributed by atoms with van der Waals surface area (Å²) in [5, 5.41) is 0. The molecular weight excluding hydrogens is 244 g/mol. The minimum absolute atomic E-state index is 0.540. The molecule has 1 aliphatic carbocycles. The van der Waals surface area contributed by atoms with Crippen LogP contribution < -0.4 is 0 Å². The Morgan fingerprint density at radius 2 is 1.59 bits per heavy atom. The van der Waals surface area contributed by atoms with E-state index in [1.54, 1.807) is 0 Å². The zero-order chi connectivity index (χ0) is 13.1. The minimum atomic E-state index is -1.34. The molecule has 1 aliphatic rings.